The zero-order chi connectivity index (χ0) is 25.0. The molecule has 0 aliphatic heterocycles. The fourth-order valence-electron chi connectivity index (χ4n) is 3.40. The lowest BCUT2D eigenvalue weighted by molar-refractivity contribution is -0.136. The molecule has 0 saturated carbocycles. The van der Waals surface area contributed by atoms with Crippen molar-refractivity contribution in [2.45, 2.75) is 6.18 Å². The number of anilines is 3. The molecule has 1 aromatic heterocycles. The first-order valence-corrected chi connectivity index (χ1v) is 10.5. The van der Waals surface area contributed by atoms with Crippen molar-refractivity contribution >= 4 is 40.5 Å². The summed E-state index contributed by atoms with van der Waals surface area (Å²) in [6.45, 7) is 0.0637. The molecule has 0 fully saturated rings. The van der Waals surface area contributed by atoms with Crippen LogP contribution in [0.25, 0.3) is 11.0 Å². The van der Waals surface area contributed by atoms with Crippen LogP contribution in [-0.4, -0.2) is 25.5 Å². The van der Waals surface area contributed by atoms with Gasteiger partial charge >= 0.3 is 6.18 Å². The molecule has 0 aliphatic carbocycles. The molecule has 3 aromatic carbocycles. The highest BCUT2D eigenvalue weighted by Crippen LogP contribution is 2.37. The molecule has 2 amide bonds. The molecule has 180 valence electrons. The molecule has 0 bridgehead atoms. The number of halogens is 3. The number of nitrogens with zero attached hydrogens (tertiary/aromatic N) is 1. The quantitative estimate of drug-likeness (QED) is 0.261. The highest BCUT2D eigenvalue weighted by Gasteiger charge is 2.34. The number of carbonyl (C=O) groups excluding carboxylic acids is 2. The van der Waals surface area contributed by atoms with Crippen molar-refractivity contribution < 1.29 is 31.9 Å². The Bertz CT molecular complexity index is 1350. The Labute approximate surface area is 197 Å². The Morgan fingerprint density at radius 1 is 1.06 bits per heavy atom. The van der Waals surface area contributed by atoms with Crippen LogP contribution >= 0.6 is 0 Å². The van der Waals surface area contributed by atoms with Gasteiger partial charge in [0.15, 0.2) is 0 Å². The number of para-hydroxylation sites is 3. The Balaban J connectivity index is 1.37. The molecule has 0 unspecified atom stereocenters. The van der Waals surface area contributed by atoms with Crippen molar-refractivity contribution in [3.63, 3.8) is 0 Å². The number of carbonyl (C=O) groups is 2. The minimum Gasteiger partial charge on any atom is -0.492 e. The molecule has 0 spiro atoms. The number of nitrogen functional groups attached to an aromatic ring is 1. The van der Waals surface area contributed by atoms with Gasteiger partial charge in [-0.15, -0.1) is 0 Å². The van der Waals surface area contributed by atoms with E-state index in [1.165, 1.54) is 18.2 Å². The second kappa shape index (κ2) is 9.80. The molecule has 0 aliphatic rings. The van der Waals surface area contributed by atoms with Crippen LogP contribution in [0.15, 0.2) is 77.2 Å². The molecular formula is C25H20F3N3O4. The van der Waals surface area contributed by atoms with Gasteiger partial charge < -0.3 is 20.2 Å². The summed E-state index contributed by atoms with van der Waals surface area (Å²) < 4.78 is 50.6. The zero-order valence-corrected chi connectivity index (χ0v) is 18.2. The highest BCUT2D eigenvalue weighted by molar-refractivity contribution is 6.05. The smallest absolute Gasteiger partial charge is 0.420 e. The van der Waals surface area contributed by atoms with E-state index in [9.17, 15) is 22.8 Å². The number of furan rings is 1. The Morgan fingerprint density at radius 2 is 1.80 bits per heavy atom. The van der Waals surface area contributed by atoms with Crippen molar-refractivity contribution in [3.8, 4) is 5.75 Å². The Hall–Kier alpha value is -4.47. The van der Waals surface area contributed by atoms with Crippen LogP contribution in [0, 0.1) is 0 Å². The van der Waals surface area contributed by atoms with E-state index in [2.05, 4.69) is 5.32 Å². The third kappa shape index (κ3) is 5.37. The first-order valence-electron chi connectivity index (χ1n) is 10.5. The monoisotopic (exact) mass is 483 g/mol. The predicted molar refractivity (Wildman–Crippen MR) is 125 cm³/mol. The van der Waals surface area contributed by atoms with E-state index in [1.54, 1.807) is 48.5 Å². The Morgan fingerprint density at radius 3 is 2.49 bits per heavy atom. The van der Waals surface area contributed by atoms with Crippen LogP contribution in [0.3, 0.4) is 0 Å². The number of fused-ring (bicyclic) bond motifs is 1. The number of benzene rings is 3. The lowest BCUT2D eigenvalue weighted by atomic mass is 10.1. The molecule has 1 heterocycles. The first-order chi connectivity index (χ1) is 16.8. The van der Waals surface area contributed by atoms with E-state index in [0.29, 0.717) is 29.1 Å². The molecule has 7 nitrogen and oxygen atoms in total. The minimum atomic E-state index is -4.58. The average Bonchev–Trinajstić information content (AvgIpc) is 3.27. The fraction of sp³-hybridized carbons (Fsp3) is 0.120. The van der Waals surface area contributed by atoms with Crippen LogP contribution in [0.2, 0.25) is 0 Å². The van der Waals surface area contributed by atoms with Crippen molar-refractivity contribution in [3.05, 3.63) is 83.9 Å². The van der Waals surface area contributed by atoms with E-state index in [4.69, 9.17) is 14.9 Å². The van der Waals surface area contributed by atoms with Crippen LogP contribution in [-0.2, 0) is 11.0 Å². The van der Waals surface area contributed by atoms with Crippen LogP contribution in [0.4, 0.5) is 30.4 Å². The molecule has 3 N–H and O–H groups in total. The number of ether oxygens (including phenoxy) is 1. The summed E-state index contributed by atoms with van der Waals surface area (Å²) in [6, 6.07) is 18.2. The second-order valence-electron chi connectivity index (χ2n) is 7.52. The lowest BCUT2D eigenvalue weighted by Gasteiger charge is -2.15. The summed E-state index contributed by atoms with van der Waals surface area (Å²) in [5.41, 5.74) is 5.91. The maximum Gasteiger partial charge on any atom is 0.420 e. The minimum absolute atomic E-state index is 0.0255. The number of nitrogens with one attached hydrogen (secondary N) is 1. The number of alkyl halides is 3. The maximum absolute atomic E-state index is 13.2. The van der Waals surface area contributed by atoms with E-state index in [0.717, 1.165) is 11.0 Å². The predicted octanol–water partition coefficient (Wildman–Crippen LogP) is 5.33. The number of rotatable bonds is 8. The highest BCUT2D eigenvalue weighted by atomic mass is 19.4. The molecular weight excluding hydrogens is 463 g/mol. The molecule has 0 saturated heterocycles. The third-order valence-corrected chi connectivity index (χ3v) is 5.17. The first kappa shape index (κ1) is 23.7. The maximum atomic E-state index is 13.2. The van der Waals surface area contributed by atoms with Gasteiger partial charge in [0, 0.05) is 17.0 Å². The topological polar surface area (TPSA) is 97.8 Å². The summed E-state index contributed by atoms with van der Waals surface area (Å²) in [6.07, 6.45) is -4.13. The number of hydrogen-bond donors (Lipinski definition) is 2. The normalized spacial score (nSPS) is 11.3. The summed E-state index contributed by atoms with van der Waals surface area (Å²) >= 11 is 0. The summed E-state index contributed by atoms with van der Waals surface area (Å²) in [5.74, 6) is 0.0720. The number of nitrogens with two attached hydrogens (primary N) is 1. The van der Waals surface area contributed by atoms with E-state index in [1.807, 2.05) is 0 Å². The van der Waals surface area contributed by atoms with Gasteiger partial charge in [-0.1, -0.05) is 24.3 Å². The molecule has 4 aromatic rings. The molecule has 0 atom stereocenters. The number of amides is 2. The van der Waals surface area contributed by atoms with Crippen molar-refractivity contribution in [1.29, 1.82) is 0 Å². The van der Waals surface area contributed by atoms with Gasteiger partial charge in [-0.2, -0.15) is 13.2 Å². The third-order valence-electron chi connectivity index (χ3n) is 5.17. The average molecular weight is 483 g/mol. The van der Waals surface area contributed by atoms with Gasteiger partial charge in [0.1, 0.15) is 17.9 Å². The van der Waals surface area contributed by atoms with E-state index < -0.39 is 11.7 Å². The van der Waals surface area contributed by atoms with Gasteiger partial charge in [-0.25, -0.2) is 0 Å². The summed E-state index contributed by atoms with van der Waals surface area (Å²) in [5, 5.41) is 2.95. The number of hydrogen-bond acceptors (Lipinski definition) is 5. The lowest BCUT2D eigenvalue weighted by Crippen LogP contribution is -2.26. The van der Waals surface area contributed by atoms with Crippen LogP contribution in [0.5, 0.6) is 5.75 Å². The Kier molecular flexibility index (Phi) is 6.63. The van der Waals surface area contributed by atoms with Gasteiger partial charge in [-0.3, -0.25) is 14.5 Å². The second-order valence-corrected chi connectivity index (χ2v) is 7.52. The standard InChI is InChI=1S/C25H20F3N3O4/c26-25(27,28)19-5-3-4-17-14-22(35-23(17)19)31(15-32)12-13-34-18-10-8-16(9-11-18)24(33)30-21-7-2-1-6-20(21)29/h1-11,14-15H,12-13,29H2,(H,30,33). The van der Waals surface area contributed by atoms with Gasteiger partial charge in [-0.05, 0) is 42.5 Å². The van der Waals surface area contributed by atoms with Crippen molar-refractivity contribution in [1.82, 2.24) is 0 Å². The summed E-state index contributed by atoms with van der Waals surface area (Å²) in [4.78, 5) is 25.1. The molecule has 0 radical (unpaired) electrons. The van der Waals surface area contributed by atoms with Crippen LogP contribution < -0.4 is 20.7 Å². The van der Waals surface area contributed by atoms with Gasteiger partial charge in [0.05, 0.1) is 23.5 Å². The zero-order valence-electron chi connectivity index (χ0n) is 18.2. The van der Waals surface area contributed by atoms with Crippen LogP contribution in [0.1, 0.15) is 15.9 Å². The van der Waals surface area contributed by atoms with Crippen molar-refractivity contribution in [2.24, 2.45) is 0 Å². The molecule has 10 heteroatoms. The largest absolute Gasteiger partial charge is 0.492 e. The molecule has 4 rings (SSSR count). The van der Waals surface area contributed by atoms with Gasteiger partial charge in [0.25, 0.3) is 5.91 Å². The molecule has 35 heavy (non-hydrogen) atoms. The van der Waals surface area contributed by atoms with Crippen molar-refractivity contribution in [2.75, 3.05) is 29.1 Å². The summed E-state index contributed by atoms with van der Waals surface area (Å²) in [7, 11) is 0. The van der Waals surface area contributed by atoms with Gasteiger partial charge in [0.2, 0.25) is 12.3 Å². The SMILES string of the molecule is Nc1ccccc1NC(=O)c1ccc(OCCN(C=O)c2cc3cccc(C(F)(F)F)c3o2)cc1. The van der Waals surface area contributed by atoms with E-state index in [-0.39, 0.29) is 35.9 Å². The van der Waals surface area contributed by atoms with E-state index >= 15 is 0 Å². The fourth-order valence-corrected chi connectivity index (χ4v) is 3.40.